The minimum Gasteiger partial charge on any atom is -0.481 e. The number of benzene rings is 1. The lowest BCUT2D eigenvalue weighted by molar-refractivity contribution is -0.155. The van der Waals surface area contributed by atoms with Gasteiger partial charge >= 0.3 is 5.97 Å². The minimum absolute atomic E-state index is 0.00459. The molecule has 6 nitrogen and oxygen atoms in total. The fourth-order valence-corrected chi connectivity index (χ4v) is 2.65. The summed E-state index contributed by atoms with van der Waals surface area (Å²) in [5.41, 5.74) is -1.03. The first-order valence-corrected chi connectivity index (χ1v) is 7.92. The van der Waals surface area contributed by atoms with E-state index < -0.39 is 29.2 Å². The second-order valence-corrected chi connectivity index (χ2v) is 6.16. The van der Waals surface area contributed by atoms with Gasteiger partial charge in [0.2, 0.25) is 0 Å². The van der Waals surface area contributed by atoms with Gasteiger partial charge < -0.3 is 19.9 Å². The quantitative estimate of drug-likeness (QED) is 0.813. The maximum Gasteiger partial charge on any atom is 0.311 e. The van der Waals surface area contributed by atoms with E-state index in [9.17, 15) is 19.1 Å². The second kappa shape index (κ2) is 7.81. The molecule has 0 aromatic heterocycles. The van der Waals surface area contributed by atoms with Crippen LogP contribution < -0.4 is 10.1 Å². The van der Waals surface area contributed by atoms with E-state index in [1.54, 1.807) is 0 Å². The Labute approximate surface area is 143 Å². The number of ether oxygens (including phenoxy) is 2. The molecule has 0 bridgehead atoms. The molecule has 1 heterocycles. The van der Waals surface area contributed by atoms with Crippen LogP contribution in [-0.2, 0) is 14.3 Å². The van der Waals surface area contributed by atoms with Crippen LogP contribution in [0.1, 0.15) is 19.8 Å². The van der Waals surface area contributed by atoms with Crippen molar-refractivity contribution in [3.8, 4) is 5.75 Å². The standard InChI is InChI=1S/C16H19ClFNO5/c1-10(24-13-3-2-11(18)8-12(13)17)14(20)19-9-16(15(21)22)4-6-23-7-5-16/h2-3,8,10H,4-7,9H2,1H3,(H,19,20)(H,21,22). The van der Waals surface area contributed by atoms with Crippen LogP contribution in [0.4, 0.5) is 4.39 Å². The van der Waals surface area contributed by atoms with Gasteiger partial charge in [-0.2, -0.15) is 0 Å². The molecule has 2 N–H and O–H groups in total. The first-order chi connectivity index (χ1) is 11.3. The molecule has 1 aliphatic rings. The summed E-state index contributed by atoms with van der Waals surface area (Å²) >= 11 is 5.85. The van der Waals surface area contributed by atoms with E-state index in [2.05, 4.69) is 5.32 Å². The molecular formula is C16H19ClFNO5. The molecule has 24 heavy (non-hydrogen) atoms. The number of carbonyl (C=O) groups is 2. The average molecular weight is 360 g/mol. The maximum atomic E-state index is 13.0. The van der Waals surface area contributed by atoms with Gasteiger partial charge in [0.25, 0.3) is 5.91 Å². The van der Waals surface area contributed by atoms with Crippen molar-refractivity contribution in [2.24, 2.45) is 5.41 Å². The smallest absolute Gasteiger partial charge is 0.311 e. The van der Waals surface area contributed by atoms with Gasteiger partial charge in [0.05, 0.1) is 10.4 Å². The molecule has 0 spiro atoms. The Bertz CT molecular complexity index is 618. The topological polar surface area (TPSA) is 84.9 Å². The summed E-state index contributed by atoms with van der Waals surface area (Å²) in [4.78, 5) is 23.7. The maximum absolute atomic E-state index is 13.0. The van der Waals surface area contributed by atoms with Crippen molar-refractivity contribution in [3.63, 3.8) is 0 Å². The van der Waals surface area contributed by atoms with E-state index in [0.717, 1.165) is 6.07 Å². The SMILES string of the molecule is CC(Oc1ccc(F)cc1Cl)C(=O)NCC1(C(=O)O)CCOCC1. The Balaban J connectivity index is 1.94. The summed E-state index contributed by atoms with van der Waals surface area (Å²) < 4.78 is 23.6. The average Bonchev–Trinajstić information content (AvgIpc) is 2.55. The Morgan fingerprint density at radius 2 is 2.12 bits per heavy atom. The largest absolute Gasteiger partial charge is 0.481 e. The Kier molecular flexibility index (Phi) is 6.01. The lowest BCUT2D eigenvalue weighted by atomic mass is 9.80. The lowest BCUT2D eigenvalue weighted by Crippen LogP contribution is -2.48. The number of rotatable bonds is 6. The summed E-state index contributed by atoms with van der Waals surface area (Å²) in [6.07, 6.45) is -0.234. The van der Waals surface area contributed by atoms with Crippen LogP contribution in [0.15, 0.2) is 18.2 Å². The first-order valence-electron chi connectivity index (χ1n) is 7.55. The second-order valence-electron chi connectivity index (χ2n) is 5.75. The monoisotopic (exact) mass is 359 g/mol. The fraction of sp³-hybridized carbons (Fsp3) is 0.500. The normalized spacial score (nSPS) is 17.8. The summed E-state index contributed by atoms with van der Waals surface area (Å²) in [7, 11) is 0. The number of nitrogens with one attached hydrogen (secondary N) is 1. The molecule has 1 atom stereocenters. The van der Waals surface area contributed by atoms with Gasteiger partial charge in [0, 0.05) is 19.8 Å². The van der Waals surface area contributed by atoms with Crippen molar-refractivity contribution in [1.82, 2.24) is 5.32 Å². The molecule has 1 fully saturated rings. The van der Waals surface area contributed by atoms with E-state index >= 15 is 0 Å². The zero-order chi connectivity index (χ0) is 17.7. The van der Waals surface area contributed by atoms with Crippen LogP contribution in [0.25, 0.3) is 0 Å². The number of amides is 1. The number of halogens is 2. The Morgan fingerprint density at radius 3 is 2.71 bits per heavy atom. The van der Waals surface area contributed by atoms with Gasteiger partial charge in [-0.05, 0) is 38.0 Å². The highest BCUT2D eigenvalue weighted by Crippen LogP contribution is 2.30. The third-order valence-corrected chi connectivity index (χ3v) is 4.37. The molecule has 132 valence electrons. The zero-order valence-electron chi connectivity index (χ0n) is 13.2. The summed E-state index contributed by atoms with van der Waals surface area (Å²) in [6, 6.07) is 3.59. The van der Waals surface area contributed by atoms with E-state index in [-0.39, 0.29) is 17.3 Å². The molecule has 1 aromatic rings. The Hall–Kier alpha value is -1.86. The van der Waals surface area contributed by atoms with Crippen LogP contribution in [0.3, 0.4) is 0 Å². The van der Waals surface area contributed by atoms with Crippen LogP contribution in [0.2, 0.25) is 5.02 Å². The van der Waals surface area contributed by atoms with E-state index in [1.165, 1.54) is 19.1 Å². The van der Waals surface area contributed by atoms with E-state index in [4.69, 9.17) is 21.1 Å². The van der Waals surface area contributed by atoms with Crippen molar-refractivity contribution in [2.75, 3.05) is 19.8 Å². The third-order valence-electron chi connectivity index (χ3n) is 4.07. The molecule has 1 unspecified atom stereocenters. The van der Waals surface area contributed by atoms with Crippen molar-refractivity contribution in [1.29, 1.82) is 0 Å². The lowest BCUT2D eigenvalue weighted by Gasteiger charge is -2.33. The molecule has 2 rings (SSSR count). The number of carboxylic acids is 1. The van der Waals surface area contributed by atoms with Crippen LogP contribution in [-0.4, -0.2) is 42.8 Å². The molecule has 1 amide bonds. The highest BCUT2D eigenvalue weighted by atomic mass is 35.5. The molecule has 1 aromatic carbocycles. The van der Waals surface area contributed by atoms with Gasteiger partial charge in [0.15, 0.2) is 6.10 Å². The number of hydrogen-bond donors (Lipinski definition) is 2. The van der Waals surface area contributed by atoms with Crippen molar-refractivity contribution >= 4 is 23.5 Å². The highest BCUT2D eigenvalue weighted by Gasteiger charge is 2.40. The number of aliphatic carboxylic acids is 1. The molecule has 0 saturated carbocycles. The predicted octanol–water partition coefficient (Wildman–Crippen LogP) is 2.24. The number of hydrogen-bond acceptors (Lipinski definition) is 4. The van der Waals surface area contributed by atoms with Gasteiger partial charge in [-0.25, -0.2) is 4.39 Å². The highest BCUT2D eigenvalue weighted by molar-refractivity contribution is 6.32. The molecule has 0 radical (unpaired) electrons. The van der Waals surface area contributed by atoms with Gasteiger partial charge in [-0.15, -0.1) is 0 Å². The predicted molar refractivity (Wildman–Crippen MR) is 84.6 cm³/mol. The summed E-state index contributed by atoms with van der Waals surface area (Å²) in [5, 5.41) is 12.1. The van der Waals surface area contributed by atoms with Crippen LogP contribution >= 0.6 is 11.6 Å². The first kappa shape index (κ1) is 18.5. The fourth-order valence-electron chi connectivity index (χ4n) is 2.44. The van der Waals surface area contributed by atoms with Crippen LogP contribution in [0.5, 0.6) is 5.75 Å². The van der Waals surface area contributed by atoms with Gasteiger partial charge in [-0.1, -0.05) is 11.6 Å². The molecule has 0 aliphatic carbocycles. The van der Waals surface area contributed by atoms with E-state index in [1.807, 2.05) is 0 Å². The number of carbonyl (C=O) groups excluding carboxylic acids is 1. The number of carboxylic acid groups (broad SMARTS) is 1. The molecule has 1 saturated heterocycles. The van der Waals surface area contributed by atoms with Gasteiger partial charge in [-0.3, -0.25) is 9.59 Å². The van der Waals surface area contributed by atoms with Crippen molar-refractivity contribution < 1.29 is 28.6 Å². The molecule has 8 heteroatoms. The minimum atomic E-state index is -1.03. The van der Waals surface area contributed by atoms with E-state index in [0.29, 0.717) is 26.1 Å². The summed E-state index contributed by atoms with van der Waals surface area (Å²) in [5.74, 6) is -1.75. The Morgan fingerprint density at radius 1 is 1.46 bits per heavy atom. The summed E-state index contributed by atoms with van der Waals surface area (Å²) in [6.45, 7) is 2.20. The van der Waals surface area contributed by atoms with Gasteiger partial charge in [0.1, 0.15) is 11.6 Å². The van der Waals surface area contributed by atoms with Crippen molar-refractivity contribution in [2.45, 2.75) is 25.9 Å². The third kappa shape index (κ3) is 4.36. The molecule has 1 aliphatic heterocycles. The zero-order valence-corrected chi connectivity index (χ0v) is 13.9. The molecular weight excluding hydrogens is 341 g/mol. The van der Waals surface area contributed by atoms with Crippen molar-refractivity contribution in [3.05, 3.63) is 29.0 Å². The van der Waals surface area contributed by atoms with Crippen LogP contribution in [0, 0.1) is 11.2 Å².